The summed E-state index contributed by atoms with van der Waals surface area (Å²) in [6.45, 7) is 0.552. The molecule has 5 nitrogen and oxygen atoms in total. The van der Waals surface area contributed by atoms with Crippen LogP contribution in [0.1, 0.15) is 19.3 Å². The Hall–Kier alpha value is -1.25. The van der Waals surface area contributed by atoms with Crippen molar-refractivity contribution in [2.45, 2.75) is 25.4 Å². The van der Waals surface area contributed by atoms with Gasteiger partial charge in [0, 0.05) is 12.5 Å². The molecule has 1 aromatic rings. The largest absolute Gasteiger partial charge is 0.468 e. The molecule has 24 heavy (non-hydrogen) atoms. The first kappa shape index (κ1) is 22.8. The van der Waals surface area contributed by atoms with E-state index < -0.39 is 12.8 Å². The summed E-state index contributed by atoms with van der Waals surface area (Å²) in [5.74, 6) is 0.270. The number of carbonyl (C=O) groups is 1. The Morgan fingerprint density at radius 3 is 2.67 bits per heavy atom. The molecule has 1 aromatic heterocycles. The van der Waals surface area contributed by atoms with Gasteiger partial charge in [-0.3, -0.25) is 4.79 Å². The van der Waals surface area contributed by atoms with E-state index in [1.54, 1.807) is 0 Å². The van der Waals surface area contributed by atoms with Gasteiger partial charge in [0.1, 0.15) is 0 Å². The predicted octanol–water partition coefficient (Wildman–Crippen LogP) is 3.19. The van der Waals surface area contributed by atoms with Gasteiger partial charge >= 0.3 is 6.18 Å². The van der Waals surface area contributed by atoms with Crippen LogP contribution in [-0.4, -0.2) is 36.8 Å². The molecule has 0 bridgehead atoms. The zero-order chi connectivity index (χ0) is 16.0. The number of nitrogens with zero attached hydrogens (tertiary/aromatic N) is 1. The highest BCUT2D eigenvalue weighted by atomic mass is 35.5. The number of rotatable bonds is 6. The highest BCUT2D eigenvalue weighted by molar-refractivity contribution is 5.90. The average Bonchev–Trinajstić information content (AvgIpc) is 2.97. The molecule has 2 N–H and O–H groups in total. The Kier molecular flexibility index (Phi) is 10.0. The van der Waals surface area contributed by atoms with Crippen LogP contribution in [0.2, 0.25) is 0 Å². The molecule has 1 saturated heterocycles. The molecule has 1 amide bonds. The maximum absolute atomic E-state index is 12.0. The van der Waals surface area contributed by atoms with E-state index in [4.69, 9.17) is 0 Å². The predicted molar refractivity (Wildman–Crippen MR) is 89.1 cm³/mol. The van der Waals surface area contributed by atoms with Crippen LogP contribution in [0.25, 0.3) is 0 Å². The van der Waals surface area contributed by atoms with Crippen molar-refractivity contribution in [2.24, 2.45) is 5.92 Å². The molecule has 138 valence electrons. The number of halogens is 5. The van der Waals surface area contributed by atoms with Gasteiger partial charge in [-0.05, 0) is 37.9 Å². The van der Waals surface area contributed by atoms with E-state index in [0.717, 1.165) is 25.9 Å². The van der Waals surface area contributed by atoms with Crippen molar-refractivity contribution >= 4 is 36.4 Å². The molecule has 1 fully saturated rings. The maximum Gasteiger partial charge on any atom is 0.422 e. The molecule has 2 rings (SSSR count). The monoisotopic (exact) mass is 389 g/mol. The second-order valence-corrected chi connectivity index (χ2v) is 5.23. The van der Waals surface area contributed by atoms with Crippen molar-refractivity contribution < 1.29 is 22.7 Å². The lowest BCUT2D eigenvalue weighted by Gasteiger charge is -2.10. The topological polar surface area (TPSA) is 63.2 Å². The van der Waals surface area contributed by atoms with Crippen LogP contribution >= 0.6 is 24.8 Å². The second-order valence-electron chi connectivity index (χ2n) is 5.23. The minimum atomic E-state index is -4.40. The van der Waals surface area contributed by atoms with Crippen molar-refractivity contribution in [3.05, 3.63) is 18.3 Å². The fourth-order valence-electron chi connectivity index (χ4n) is 2.21. The van der Waals surface area contributed by atoms with Gasteiger partial charge in [-0.2, -0.15) is 13.2 Å². The first-order chi connectivity index (χ1) is 10.4. The number of hydrogen-bond donors (Lipinski definition) is 2. The van der Waals surface area contributed by atoms with Crippen LogP contribution in [-0.2, 0) is 4.79 Å². The van der Waals surface area contributed by atoms with E-state index in [1.165, 1.54) is 18.3 Å². The van der Waals surface area contributed by atoms with Crippen LogP contribution in [0.15, 0.2) is 18.3 Å². The van der Waals surface area contributed by atoms with E-state index in [-0.39, 0.29) is 36.6 Å². The van der Waals surface area contributed by atoms with Gasteiger partial charge < -0.3 is 15.4 Å². The van der Waals surface area contributed by atoms with Crippen LogP contribution in [0, 0.1) is 5.92 Å². The molecule has 10 heteroatoms. The van der Waals surface area contributed by atoms with Gasteiger partial charge in [-0.1, -0.05) is 0 Å². The first-order valence-corrected chi connectivity index (χ1v) is 7.08. The smallest absolute Gasteiger partial charge is 0.422 e. The average molecular weight is 390 g/mol. The van der Waals surface area contributed by atoms with Crippen molar-refractivity contribution in [3.63, 3.8) is 0 Å². The van der Waals surface area contributed by atoms with Crippen LogP contribution in [0.4, 0.5) is 18.9 Å². The molecule has 0 radical (unpaired) electrons. The molecule has 0 aliphatic carbocycles. The Balaban J connectivity index is 0.00000264. The van der Waals surface area contributed by atoms with Crippen LogP contribution < -0.4 is 15.4 Å². The second kappa shape index (κ2) is 10.6. The Morgan fingerprint density at radius 1 is 1.38 bits per heavy atom. The highest BCUT2D eigenvalue weighted by Crippen LogP contribution is 2.19. The Bertz CT molecular complexity index is 495. The Morgan fingerprint density at radius 2 is 2.12 bits per heavy atom. The number of ether oxygens (including phenoxy) is 1. The number of hydrogen-bond acceptors (Lipinski definition) is 4. The van der Waals surface area contributed by atoms with E-state index in [0.29, 0.717) is 18.0 Å². The zero-order valence-corrected chi connectivity index (χ0v) is 14.4. The summed E-state index contributed by atoms with van der Waals surface area (Å²) in [5.41, 5.74) is 0.439. The molecular formula is C14H20Cl2F3N3O2. The summed E-state index contributed by atoms with van der Waals surface area (Å²) >= 11 is 0. The number of nitrogens with one attached hydrogen (secondary N) is 2. The van der Waals surface area contributed by atoms with E-state index in [9.17, 15) is 18.0 Å². The highest BCUT2D eigenvalue weighted by Gasteiger charge is 2.28. The number of carbonyl (C=O) groups excluding carboxylic acids is 1. The summed E-state index contributed by atoms with van der Waals surface area (Å²) in [4.78, 5) is 15.5. The fraction of sp³-hybridized carbons (Fsp3) is 0.571. The number of pyridine rings is 1. The Labute approximate surface area is 150 Å². The normalized spacial score (nSPS) is 16.7. The van der Waals surface area contributed by atoms with Gasteiger partial charge in [0.25, 0.3) is 0 Å². The third kappa shape index (κ3) is 8.56. The van der Waals surface area contributed by atoms with Gasteiger partial charge in [0.15, 0.2) is 6.61 Å². The molecule has 1 atom stereocenters. The van der Waals surface area contributed by atoms with Crippen LogP contribution in [0.3, 0.4) is 0 Å². The molecule has 1 aliphatic rings. The molecule has 1 unspecified atom stereocenters. The van der Waals surface area contributed by atoms with Gasteiger partial charge in [-0.25, -0.2) is 4.98 Å². The van der Waals surface area contributed by atoms with Gasteiger partial charge in [0.2, 0.25) is 11.8 Å². The molecular weight excluding hydrogens is 370 g/mol. The van der Waals surface area contributed by atoms with E-state index >= 15 is 0 Å². The summed E-state index contributed by atoms with van der Waals surface area (Å²) in [6.07, 6.45) is -0.803. The quantitative estimate of drug-likeness (QED) is 0.783. The third-order valence-electron chi connectivity index (χ3n) is 3.35. The number of aromatic nitrogens is 1. The lowest BCUT2D eigenvalue weighted by Crippen LogP contribution is -2.19. The maximum atomic E-state index is 12.0. The summed E-state index contributed by atoms with van der Waals surface area (Å²) in [6, 6.07) is 2.76. The van der Waals surface area contributed by atoms with Crippen molar-refractivity contribution in [3.8, 4) is 5.88 Å². The van der Waals surface area contributed by atoms with E-state index in [2.05, 4.69) is 20.4 Å². The molecule has 2 heterocycles. The summed E-state index contributed by atoms with van der Waals surface area (Å²) in [5, 5.41) is 5.90. The van der Waals surface area contributed by atoms with Gasteiger partial charge in [0.05, 0.1) is 11.9 Å². The van der Waals surface area contributed by atoms with Gasteiger partial charge in [-0.15, -0.1) is 24.8 Å². The third-order valence-corrected chi connectivity index (χ3v) is 3.35. The summed E-state index contributed by atoms with van der Waals surface area (Å²) in [7, 11) is 0. The lowest BCUT2D eigenvalue weighted by atomic mass is 10.0. The lowest BCUT2D eigenvalue weighted by molar-refractivity contribution is -0.154. The number of anilines is 1. The molecule has 0 spiro atoms. The molecule has 1 aliphatic heterocycles. The van der Waals surface area contributed by atoms with E-state index in [1.807, 2.05) is 0 Å². The fourth-order valence-corrected chi connectivity index (χ4v) is 2.21. The molecule has 0 saturated carbocycles. The number of alkyl halides is 3. The minimum absolute atomic E-state index is 0. The van der Waals surface area contributed by atoms with Crippen molar-refractivity contribution in [1.29, 1.82) is 0 Å². The van der Waals surface area contributed by atoms with Crippen LogP contribution in [0.5, 0.6) is 5.88 Å². The SMILES string of the molecule is Cl.Cl.O=C(CCC1CCNC1)Nc1ccc(OCC(F)(F)F)nc1. The van der Waals surface area contributed by atoms with Crippen molar-refractivity contribution in [1.82, 2.24) is 10.3 Å². The zero-order valence-electron chi connectivity index (χ0n) is 12.8. The van der Waals surface area contributed by atoms with Crippen molar-refractivity contribution in [2.75, 3.05) is 25.0 Å². The first-order valence-electron chi connectivity index (χ1n) is 7.08. The number of amides is 1. The summed E-state index contributed by atoms with van der Waals surface area (Å²) < 4.78 is 40.5. The standard InChI is InChI=1S/C14H18F3N3O2.2ClH/c15-14(16,17)9-22-13-4-2-11(8-19-13)20-12(21)3-1-10-5-6-18-7-10;;/h2,4,8,10,18H,1,3,5-7,9H2,(H,20,21);2*1H. The minimum Gasteiger partial charge on any atom is -0.468 e. The molecule has 0 aromatic carbocycles.